The molecule has 1 amide bonds. The van der Waals surface area contributed by atoms with Crippen LogP contribution < -0.4 is 21.7 Å². The molecule has 0 aliphatic heterocycles. The second kappa shape index (κ2) is 15.1. The molecule has 0 radical (unpaired) electrons. The fourth-order valence-corrected chi connectivity index (χ4v) is 4.74. The van der Waals surface area contributed by atoms with Gasteiger partial charge in [-0.25, -0.2) is 4.98 Å². The highest BCUT2D eigenvalue weighted by Gasteiger charge is 2.22. The van der Waals surface area contributed by atoms with Crippen molar-refractivity contribution < 1.29 is 9.72 Å². The van der Waals surface area contributed by atoms with Gasteiger partial charge in [-0.05, 0) is 81.4 Å². The molecule has 1 heterocycles. The number of carbonyl (C=O) groups excluding carboxylic acids is 1. The number of carbonyl (C=O) groups is 1. The Morgan fingerprint density at radius 2 is 1.84 bits per heavy atom. The molecule has 5 N–H and O–H groups in total. The van der Waals surface area contributed by atoms with Crippen LogP contribution in [0.3, 0.4) is 0 Å². The molecule has 202 valence electrons. The van der Waals surface area contributed by atoms with Crippen molar-refractivity contribution in [1.29, 1.82) is 0 Å². The summed E-state index contributed by atoms with van der Waals surface area (Å²) in [7, 11) is 0. The molecular weight excluding hydrogens is 470 g/mol. The maximum absolute atomic E-state index is 12.1. The average molecular weight is 512 g/mol. The maximum Gasteiger partial charge on any atom is 0.329 e. The van der Waals surface area contributed by atoms with E-state index in [1.165, 1.54) is 17.3 Å². The van der Waals surface area contributed by atoms with Crippen LogP contribution >= 0.6 is 0 Å². The first-order valence-electron chi connectivity index (χ1n) is 13.5. The van der Waals surface area contributed by atoms with Crippen molar-refractivity contribution in [3.8, 4) is 0 Å². The zero-order valence-electron chi connectivity index (χ0n) is 21.9. The Bertz CT molecular complexity index is 1010. The molecule has 0 saturated heterocycles. The number of aromatic nitrogens is 2. The first kappa shape index (κ1) is 28.3. The number of anilines is 2. The number of nitro groups is 1. The highest BCUT2D eigenvalue weighted by molar-refractivity contribution is 5.75. The lowest BCUT2D eigenvalue weighted by Crippen LogP contribution is -2.25. The predicted molar refractivity (Wildman–Crippen MR) is 147 cm³/mol. The Morgan fingerprint density at radius 1 is 1.08 bits per heavy atom. The smallest absolute Gasteiger partial charge is 0.329 e. The molecule has 1 aromatic carbocycles. The quantitative estimate of drug-likeness (QED) is 0.158. The van der Waals surface area contributed by atoms with E-state index in [-0.39, 0.29) is 17.4 Å². The number of unbranched alkanes of at least 4 members (excludes halogenated alkanes) is 2. The lowest BCUT2D eigenvalue weighted by atomic mass is 9.82. The van der Waals surface area contributed by atoms with Crippen LogP contribution in [-0.2, 0) is 11.2 Å². The summed E-state index contributed by atoms with van der Waals surface area (Å²) in [5, 5.41) is 20.8. The molecule has 0 spiro atoms. The van der Waals surface area contributed by atoms with E-state index < -0.39 is 4.92 Å². The number of hydrogen-bond acceptors (Lipinski definition) is 8. The summed E-state index contributed by atoms with van der Waals surface area (Å²) >= 11 is 0. The summed E-state index contributed by atoms with van der Waals surface area (Å²) < 4.78 is 0. The molecule has 0 bridgehead atoms. The third-order valence-corrected chi connectivity index (χ3v) is 7.17. The highest BCUT2D eigenvalue weighted by Crippen LogP contribution is 2.29. The van der Waals surface area contributed by atoms with Crippen LogP contribution in [0, 0.1) is 28.9 Å². The molecule has 2 aromatic rings. The van der Waals surface area contributed by atoms with E-state index in [0.717, 1.165) is 57.9 Å². The molecule has 10 heteroatoms. The van der Waals surface area contributed by atoms with Gasteiger partial charge in [0.05, 0.1) is 4.92 Å². The Morgan fingerprint density at radius 3 is 2.57 bits per heavy atom. The van der Waals surface area contributed by atoms with Crippen LogP contribution in [0.25, 0.3) is 0 Å². The summed E-state index contributed by atoms with van der Waals surface area (Å²) in [4.78, 5) is 31.5. The summed E-state index contributed by atoms with van der Waals surface area (Å²) in [5.74, 6) is 1.76. The van der Waals surface area contributed by atoms with Crippen LogP contribution in [0.15, 0.2) is 30.5 Å². The summed E-state index contributed by atoms with van der Waals surface area (Å²) in [6.45, 7) is 4.75. The summed E-state index contributed by atoms with van der Waals surface area (Å²) in [5.41, 5.74) is 8.16. The van der Waals surface area contributed by atoms with Gasteiger partial charge in [-0.2, -0.15) is 4.98 Å². The van der Waals surface area contributed by atoms with Gasteiger partial charge >= 0.3 is 5.69 Å². The van der Waals surface area contributed by atoms with Crippen molar-refractivity contribution >= 4 is 23.4 Å². The van der Waals surface area contributed by atoms with E-state index in [9.17, 15) is 14.9 Å². The van der Waals surface area contributed by atoms with Gasteiger partial charge in [-0.3, -0.25) is 14.9 Å². The van der Waals surface area contributed by atoms with Gasteiger partial charge in [0.1, 0.15) is 6.20 Å². The molecule has 0 unspecified atom stereocenters. The first-order chi connectivity index (χ1) is 18.0. The van der Waals surface area contributed by atoms with Crippen LogP contribution in [0.2, 0.25) is 0 Å². The van der Waals surface area contributed by atoms with E-state index in [2.05, 4.69) is 45.0 Å². The lowest BCUT2D eigenvalue weighted by molar-refractivity contribution is -0.384. The van der Waals surface area contributed by atoms with Crippen LogP contribution in [0.5, 0.6) is 0 Å². The van der Waals surface area contributed by atoms with Gasteiger partial charge in [-0.15, -0.1) is 0 Å². The van der Waals surface area contributed by atoms with E-state index in [4.69, 9.17) is 5.73 Å². The minimum Gasteiger partial charge on any atom is -0.364 e. The van der Waals surface area contributed by atoms with Crippen molar-refractivity contribution in [1.82, 2.24) is 15.3 Å². The van der Waals surface area contributed by atoms with Crippen molar-refractivity contribution in [2.75, 3.05) is 36.8 Å². The van der Waals surface area contributed by atoms with Gasteiger partial charge < -0.3 is 21.7 Å². The zero-order chi connectivity index (χ0) is 26.5. The molecule has 1 fully saturated rings. The molecule has 1 aromatic heterocycles. The van der Waals surface area contributed by atoms with E-state index in [1.54, 1.807) is 0 Å². The third-order valence-electron chi connectivity index (χ3n) is 7.17. The van der Waals surface area contributed by atoms with Crippen LogP contribution in [0.1, 0.15) is 62.5 Å². The third kappa shape index (κ3) is 9.60. The Balaban J connectivity index is 1.33. The van der Waals surface area contributed by atoms with E-state index in [0.29, 0.717) is 43.8 Å². The lowest BCUT2D eigenvalue weighted by Gasteiger charge is -2.27. The molecule has 1 aliphatic carbocycles. The molecule has 37 heavy (non-hydrogen) atoms. The van der Waals surface area contributed by atoms with Crippen molar-refractivity contribution in [2.24, 2.45) is 17.6 Å². The molecule has 1 saturated carbocycles. The minimum atomic E-state index is -0.455. The second-order valence-corrected chi connectivity index (χ2v) is 9.95. The van der Waals surface area contributed by atoms with Crippen molar-refractivity contribution in [2.45, 2.75) is 64.7 Å². The molecule has 1 aliphatic rings. The van der Waals surface area contributed by atoms with Gasteiger partial charge in [0.2, 0.25) is 17.7 Å². The van der Waals surface area contributed by atoms with Gasteiger partial charge in [0.25, 0.3) is 0 Å². The van der Waals surface area contributed by atoms with Crippen LogP contribution in [0.4, 0.5) is 17.5 Å². The van der Waals surface area contributed by atoms with Gasteiger partial charge in [-0.1, -0.05) is 30.7 Å². The molecule has 0 atom stereocenters. The SMILES string of the molecule is Cc1ccccc1CCNC(=O)CCCCCNc1ncc([N+](=O)[O-])c(NCC2CCC(CN)CC2)n1. The van der Waals surface area contributed by atoms with Crippen LogP contribution in [-0.4, -0.2) is 47.0 Å². The Hall–Kier alpha value is -3.27. The monoisotopic (exact) mass is 511 g/mol. The maximum atomic E-state index is 12.1. The van der Waals surface area contributed by atoms with Gasteiger partial charge in [0.15, 0.2) is 0 Å². The van der Waals surface area contributed by atoms with Gasteiger partial charge in [0, 0.05) is 26.1 Å². The topological polar surface area (TPSA) is 148 Å². The number of rotatable bonds is 15. The minimum absolute atomic E-state index is 0.0764. The number of amides is 1. The number of nitrogens with two attached hydrogens (primary N) is 1. The fourth-order valence-electron chi connectivity index (χ4n) is 4.74. The highest BCUT2D eigenvalue weighted by atomic mass is 16.6. The number of hydrogen-bond donors (Lipinski definition) is 4. The van der Waals surface area contributed by atoms with E-state index in [1.807, 2.05) is 12.1 Å². The number of benzene rings is 1. The molecular formula is C27H41N7O3. The van der Waals surface area contributed by atoms with E-state index >= 15 is 0 Å². The summed E-state index contributed by atoms with van der Waals surface area (Å²) in [6, 6.07) is 8.22. The predicted octanol–water partition coefficient (Wildman–Crippen LogP) is 4.20. The number of nitrogens with one attached hydrogen (secondary N) is 3. The Kier molecular flexibility index (Phi) is 11.5. The summed E-state index contributed by atoms with van der Waals surface area (Å²) in [6.07, 6.45) is 9.50. The number of aryl methyl sites for hydroxylation is 1. The standard InChI is InChI=1S/C27H41N7O3/c1-20-7-4-5-8-23(20)14-16-29-25(35)9-3-2-6-15-30-27-32-19-24(34(36)37)26(33-27)31-18-22-12-10-21(17-28)11-13-22/h4-5,7-8,19,21-22H,2-3,6,9-18,28H2,1H3,(H,29,35)(H2,30,31,32,33). The molecule has 3 rings (SSSR count). The molecule has 10 nitrogen and oxygen atoms in total. The van der Waals surface area contributed by atoms with Crippen molar-refractivity contribution in [3.05, 3.63) is 51.7 Å². The number of nitrogens with zero attached hydrogens (tertiary/aromatic N) is 3. The first-order valence-corrected chi connectivity index (χ1v) is 13.5. The fraction of sp³-hybridized carbons (Fsp3) is 0.593. The zero-order valence-corrected chi connectivity index (χ0v) is 21.9. The largest absolute Gasteiger partial charge is 0.364 e. The normalized spacial score (nSPS) is 17.2. The van der Waals surface area contributed by atoms with Crippen molar-refractivity contribution in [3.63, 3.8) is 0 Å². The average Bonchev–Trinajstić information content (AvgIpc) is 2.90. The second-order valence-electron chi connectivity index (χ2n) is 9.95. The Labute approximate surface area is 219 Å².